The van der Waals surface area contributed by atoms with Crippen molar-refractivity contribution in [1.82, 2.24) is 14.5 Å². The minimum Gasteiger partial charge on any atom is -0.327 e. The maximum Gasteiger partial charge on any atom is 0.144 e. The van der Waals surface area contributed by atoms with Crippen molar-refractivity contribution in [2.75, 3.05) is 25.5 Å². The van der Waals surface area contributed by atoms with Crippen LogP contribution in [0.1, 0.15) is 19.7 Å². The van der Waals surface area contributed by atoms with Gasteiger partial charge < -0.3 is 9.47 Å². The number of halogens is 3. The molecule has 0 atom stereocenters. The molecule has 6 heteroatoms. The maximum atomic E-state index is 13.6. The molecule has 0 unspecified atom stereocenters. The van der Waals surface area contributed by atoms with Gasteiger partial charge in [-0.2, -0.15) is 0 Å². The lowest BCUT2D eigenvalue weighted by molar-refractivity contribution is 0.290. The molecule has 2 rings (SSSR count). The van der Waals surface area contributed by atoms with E-state index in [1.165, 1.54) is 6.07 Å². The Labute approximate surface area is 134 Å². The van der Waals surface area contributed by atoms with Crippen molar-refractivity contribution < 1.29 is 4.39 Å². The fraction of sp³-hybridized carbons (Fsp3) is 0.533. The number of hydrogen-bond acceptors (Lipinski definition) is 2. The number of likely N-dealkylation sites (N-methyl/N-ethyl adjacent to an activating group) is 1. The molecule has 21 heavy (non-hydrogen) atoms. The Kier molecular flexibility index (Phi) is 5.85. The summed E-state index contributed by atoms with van der Waals surface area (Å²) in [5.41, 5.74) is 1.50. The Balaban J connectivity index is 2.38. The Bertz CT molecular complexity index is 608. The topological polar surface area (TPSA) is 21.1 Å². The number of benzene rings is 1. The number of hydrogen-bond donors (Lipinski definition) is 0. The van der Waals surface area contributed by atoms with Gasteiger partial charge in [-0.1, -0.05) is 25.4 Å². The van der Waals surface area contributed by atoms with Crippen molar-refractivity contribution in [1.29, 1.82) is 0 Å². The fourth-order valence-electron chi connectivity index (χ4n) is 2.48. The van der Waals surface area contributed by atoms with E-state index in [0.29, 0.717) is 17.8 Å². The molecule has 1 aromatic carbocycles. The summed E-state index contributed by atoms with van der Waals surface area (Å²) < 4.78 is 15.7. The second kappa shape index (κ2) is 7.43. The summed E-state index contributed by atoms with van der Waals surface area (Å²) in [6.45, 7) is 8.00. The van der Waals surface area contributed by atoms with Crippen LogP contribution in [0.2, 0.25) is 5.02 Å². The third-order valence-corrected chi connectivity index (χ3v) is 4.20. The highest BCUT2D eigenvalue weighted by molar-refractivity contribution is 6.31. The van der Waals surface area contributed by atoms with Gasteiger partial charge in [0.1, 0.15) is 11.6 Å². The average Bonchev–Trinajstić information content (AvgIpc) is 2.78. The molecule has 0 aliphatic carbocycles. The van der Waals surface area contributed by atoms with Crippen molar-refractivity contribution in [3.05, 3.63) is 28.8 Å². The van der Waals surface area contributed by atoms with Crippen LogP contribution in [0.25, 0.3) is 11.0 Å². The molecule has 1 aromatic heterocycles. The van der Waals surface area contributed by atoms with E-state index in [4.69, 9.17) is 23.2 Å². The third kappa shape index (κ3) is 3.68. The third-order valence-electron chi connectivity index (χ3n) is 3.72. The number of rotatable bonds is 7. The molecule has 1 heterocycles. The lowest BCUT2D eigenvalue weighted by Gasteiger charge is -2.19. The molecular weight excluding hydrogens is 312 g/mol. The van der Waals surface area contributed by atoms with E-state index in [2.05, 4.69) is 28.3 Å². The fourth-order valence-corrected chi connectivity index (χ4v) is 2.80. The van der Waals surface area contributed by atoms with Crippen molar-refractivity contribution in [2.24, 2.45) is 0 Å². The molecule has 0 fully saturated rings. The maximum absolute atomic E-state index is 13.6. The molecule has 0 amide bonds. The van der Waals surface area contributed by atoms with Crippen LogP contribution in [0, 0.1) is 5.82 Å². The summed E-state index contributed by atoms with van der Waals surface area (Å²) in [6, 6.07) is 3.04. The normalized spacial score (nSPS) is 11.7. The van der Waals surface area contributed by atoms with E-state index in [1.807, 2.05) is 0 Å². The van der Waals surface area contributed by atoms with E-state index in [0.717, 1.165) is 37.5 Å². The van der Waals surface area contributed by atoms with E-state index in [-0.39, 0.29) is 5.02 Å². The van der Waals surface area contributed by atoms with E-state index in [1.54, 1.807) is 6.07 Å². The molecular formula is C15H20Cl2FN3. The molecule has 0 radical (unpaired) electrons. The quantitative estimate of drug-likeness (QED) is 0.716. The number of fused-ring (bicyclic) bond motifs is 1. The summed E-state index contributed by atoms with van der Waals surface area (Å²) in [4.78, 5) is 6.83. The highest BCUT2D eigenvalue weighted by Gasteiger charge is 2.14. The van der Waals surface area contributed by atoms with Gasteiger partial charge in [-0.05, 0) is 19.2 Å². The van der Waals surface area contributed by atoms with Gasteiger partial charge in [0, 0.05) is 31.5 Å². The summed E-state index contributed by atoms with van der Waals surface area (Å²) >= 11 is 11.8. The number of imidazole rings is 1. The van der Waals surface area contributed by atoms with Gasteiger partial charge in [0.15, 0.2) is 0 Å². The van der Waals surface area contributed by atoms with Gasteiger partial charge in [-0.25, -0.2) is 9.37 Å². The predicted molar refractivity (Wildman–Crippen MR) is 86.9 cm³/mol. The minimum atomic E-state index is -0.435. The smallest absolute Gasteiger partial charge is 0.144 e. The Hall–Kier alpha value is -0.840. The second-order valence-corrected chi connectivity index (χ2v) is 5.69. The molecule has 0 spiro atoms. The van der Waals surface area contributed by atoms with Crippen LogP contribution in [0.15, 0.2) is 12.1 Å². The average molecular weight is 332 g/mol. The second-order valence-electron chi connectivity index (χ2n) is 4.90. The zero-order valence-electron chi connectivity index (χ0n) is 12.4. The Morgan fingerprint density at radius 3 is 2.62 bits per heavy atom. The van der Waals surface area contributed by atoms with Gasteiger partial charge in [0.2, 0.25) is 0 Å². The van der Waals surface area contributed by atoms with E-state index in [9.17, 15) is 4.39 Å². The summed E-state index contributed by atoms with van der Waals surface area (Å²) in [5, 5.41) is 0.129. The van der Waals surface area contributed by atoms with Crippen molar-refractivity contribution in [3.63, 3.8) is 0 Å². The van der Waals surface area contributed by atoms with Crippen molar-refractivity contribution in [3.8, 4) is 0 Å². The highest BCUT2D eigenvalue weighted by atomic mass is 35.5. The van der Waals surface area contributed by atoms with E-state index < -0.39 is 5.82 Å². The Morgan fingerprint density at radius 1 is 1.29 bits per heavy atom. The zero-order valence-corrected chi connectivity index (χ0v) is 13.9. The molecule has 0 saturated carbocycles. The van der Waals surface area contributed by atoms with Gasteiger partial charge in [0.05, 0.1) is 16.1 Å². The first kappa shape index (κ1) is 16.5. The molecule has 0 N–H and O–H groups in total. The number of alkyl halides is 1. The molecule has 116 valence electrons. The molecule has 0 saturated heterocycles. The van der Waals surface area contributed by atoms with E-state index >= 15 is 0 Å². The van der Waals surface area contributed by atoms with Gasteiger partial charge in [-0.3, -0.25) is 0 Å². The van der Waals surface area contributed by atoms with Crippen LogP contribution in [0.5, 0.6) is 0 Å². The van der Waals surface area contributed by atoms with Crippen molar-refractivity contribution >= 4 is 34.2 Å². The Morgan fingerprint density at radius 2 is 2.00 bits per heavy atom. The van der Waals surface area contributed by atoms with Crippen LogP contribution in [0.4, 0.5) is 4.39 Å². The molecule has 2 aromatic rings. The largest absolute Gasteiger partial charge is 0.327 e. The molecule has 3 nitrogen and oxygen atoms in total. The van der Waals surface area contributed by atoms with Crippen LogP contribution >= 0.6 is 23.2 Å². The van der Waals surface area contributed by atoms with Crippen LogP contribution in [-0.4, -0.2) is 40.0 Å². The van der Waals surface area contributed by atoms with Gasteiger partial charge in [0.25, 0.3) is 0 Å². The monoisotopic (exact) mass is 331 g/mol. The summed E-state index contributed by atoms with van der Waals surface area (Å²) in [6.07, 6.45) is 0.660. The van der Waals surface area contributed by atoms with Crippen molar-refractivity contribution in [2.45, 2.75) is 26.8 Å². The number of nitrogens with zero attached hydrogens (tertiary/aromatic N) is 3. The van der Waals surface area contributed by atoms with Gasteiger partial charge in [-0.15, -0.1) is 11.6 Å². The highest BCUT2D eigenvalue weighted by Crippen LogP contribution is 2.24. The molecule has 0 aliphatic heterocycles. The minimum absolute atomic E-state index is 0.129. The van der Waals surface area contributed by atoms with Crippen LogP contribution < -0.4 is 0 Å². The lowest BCUT2D eigenvalue weighted by Crippen LogP contribution is -2.27. The zero-order chi connectivity index (χ0) is 15.4. The summed E-state index contributed by atoms with van der Waals surface area (Å²) in [5.74, 6) is 0.939. The SMILES string of the molecule is CCN(CC)CCn1c(CCCl)nc2cc(F)c(Cl)cc21. The first-order valence-electron chi connectivity index (χ1n) is 7.23. The van der Waals surface area contributed by atoms with Gasteiger partial charge >= 0.3 is 0 Å². The first-order chi connectivity index (χ1) is 10.1. The lowest BCUT2D eigenvalue weighted by atomic mass is 10.3. The van der Waals surface area contributed by atoms with Crippen LogP contribution in [0.3, 0.4) is 0 Å². The number of aromatic nitrogens is 2. The molecule has 0 bridgehead atoms. The summed E-state index contributed by atoms with van der Waals surface area (Å²) in [7, 11) is 0. The molecule has 0 aliphatic rings. The predicted octanol–water partition coefficient (Wildman–Crippen LogP) is 3.95. The number of aryl methyl sites for hydroxylation is 1. The first-order valence-corrected chi connectivity index (χ1v) is 8.14. The standard InChI is InChI=1S/C15H20Cl2FN3/c1-3-20(4-2)7-8-21-14-9-11(17)12(18)10-13(14)19-15(21)5-6-16/h9-10H,3-8H2,1-2H3. The van der Waals surface area contributed by atoms with Crippen LogP contribution in [-0.2, 0) is 13.0 Å².